The van der Waals surface area contributed by atoms with E-state index < -0.39 is 11.9 Å². The SMILES string of the molecule is COC(=O)c1ccc(-c2cc(-c3cc(C(C)(C)C)nc(C(C)(C)C)c3)n(-c3ccc(C(N)=O)cc3)n2)cc1. The molecule has 7 heteroatoms. The van der Waals surface area contributed by atoms with Gasteiger partial charge in [0, 0.05) is 38.9 Å². The standard InChI is InChI=1S/C31H34N4O3/c1-30(2,3)26-16-22(17-27(33-26)31(4,5)6)25-18-24(19-8-10-21(11-9-19)29(37)38-7)34-35(25)23-14-12-20(13-15-23)28(32)36/h8-18H,1-7H3,(H2,32,36). The molecule has 4 rings (SSSR count). The number of esters is 1. The van der Waals surface area contributed by atoms with Gasteiger partial charge in [-0.05, 0) is 54.6 Å². The minimum atomic E-state index is -0.484. The first-order chi connectivity index (χ1) is 17.8. The molecule has 2 aromatic carbocycles. The maximum absolute atomic E-state index is 11.9. The van der Waals surface area contributed by atoms with Gasteiger partial charge < -0.3 is 10.5 Å². The number of methoxy groups -OCH3 is 1. The Hall–Kier alpha value is -4.26. The monoisotopic (exact) mass is 510 g/mol. The summed E-state index contributed by atoms with van der Waals surface area (Å²) in [6, 6.07) is 20.5. The summed E-state index contributed by atoms with van der Waals surface area (Å²) in [5, 5.41) is 4.94. The number of nitrogens with two attached hydrogens (primary N) is 1. The topological polar surface area (TPSA) is 100 Å². The first-order valence-corrected chi connectivity index (χ1v) is 12.5. The molecule has 0 fully saturated rings. The average Bonchev–Trinajstić information content (AvgIpc) is 3.32. The molecule has 0 saturated carbocycles. The molecule has 0 aliphatic carbocycles. The van der Waals surface area contributed by atoms with Gasteiger partial charge in [0.15, 0.2) is 0 Å². The molecule has 0 saturated heterocycles. The molecular weight excluding hydrogens is 476 g/mol. The van der Waals surface area contributed by atoms with Crippen LogP contribution in [0.2, 0.25) is 0 Å². The number of aromatic nitrogens is 3. The van der Waals surface area contributed by atoms with E-state index in [1.165, 1.54) is 7.11 Å². The van der Waals surface area contributed by atoms with Crippen LogP contribution in [0, 0.1) is 0 Å². The van der Waals surface area contributed by atoms with Gasteiger partial charge in [0.1, 0.15) is 0 Å². The third-order valence-electron chi connectivity index (χ3n) is 6.37. The Morgan fingerprint density at radius 2 is 1.29 bits per heavy atom. The van der Waals surface area contributed by atoms with Gasteiger partial charge >= 0.3 is 5.97 Å². The van der Waals surface area contributed by atoms with Crippen molar-refractivity contribution in [3.8, 4) is 28.2 Å². The zero-order valence-electron chi connectivity index (χ0n) is 23.0. The smallest absolute Gasteiger partial charge is 0.337 e. The van der Waals surface area contributed by atoms with Crippen molar-refractivity contribution in [2.75, 3.05) is 7.11 Å². The van der Waals surface area contributed by atoms with E-state index in [0.717, 1.165) is 39.6 Å². The molecule has 4 aromatic rings. The fourth-order valence-corrected chi connectivity index (χ4v) is 4.03. The Morgan fingerprint density at radius 3 is 1.76 bits per heavy atom. The van der Waals surface area contributed by atoms with Crippen molar-refractivity contribution in [1.29, 1.82) is 0 Å². The Balaban J connectivity index is 1.94. The number of ether oxygens (including phenoxy) is 1. The number of primary amides is 1. The van der Waals surface area contributed by atoms with Gasteiger partial charge in [-0.15, -0.1) is 0 Å². The van der Waals surface area contributed by atoms with Crippen LogP contribution in [0.15, 0.2) is 66.7 Å². The number of hydrogen-bond acceptors (Lipinski definition) is 5. The minimum Gasteiger partial charge on any atom is -0.465 e. The lowest BCUT2D eigenvalue weighted by atomic mass is 9.86. The molecule has 0 unspecified atom stereocenters. The molecule has 2 heterocycles. The number of benzene rings is 2. The number of pyridine rings is 1. The number of amides is 1. The summed E-state index contributed by atoms with van der Waals surface area (Å²) >= 11 is 0. The van der Waals surface area contributed by atoms with Gasteiger partial charge in [0.2, 0.25) is 5.91 Å². The van der Waals surface area contributed by atoms with E-state index in [-0.39, 0.29) is 10.8 Å². The second kappa shape index (κ2) is 9.89. The van der Waals surface area contributed by atoms with Crippen molar-refractivity contribution in [2.24, 2.45) is 5.73 Å². The van der Waals surface area contributed by atoms with Crippen molar-refractivity contribution < 1.29 is 14.3 Å². The van der Waals surface area contributed by atoms with Crippen molar-refractivity contribution >= 4 is 11.9 Å². The van der Waals surface area contributed by atoms with E-state index in [9.17, 15) is 9.59 Å². The quantitative estimate of drug-likeness (QED) is 0.328. The van der Waals surface area contributed by atoms with Crippen LogP contribution in [-0.4, -0.2) is 33.8 Å². The highest BCUT2D eigenvalue weighted by atomic mass is 16.5. The maximum atomic E-state index is 11.9. The second-order valence-corrected chi connectivity index (χ2v) is 11.4. The molecule has 1 amide bonds. The van der Waals surface area contributed by atoms with Crippen molar-refractivity contribution in [3.05, 3.63) is 89.2 Å². The first kappa shape index (κ1) is 26.8. The van der Waals surface area contributed by atoms with E-state index in [2.05, 4.69) is 53.7 Å². The summed E-state index contributed by atoms with van der Waals surface area (Å²) in [7, 11) is 1.36. The van der Waals surface area contributed by atoms with Gasteiger partial charge in [-0.3, -0.25) is 9.78 Å². The predicted octanol–water partition coefficient (Wildman–Crippen LogP) is 6.08. The molecule has 2 aromatic heterocycles. The molecule has 0 spiro atoms. The molecule has 38 heavy (non-hydrogen) atoms. The average molecular weight is 511 g/mol. The Bertz CT molecular complexity index is 1450. The molecule has 0 atom stereocenters. The van der Waals surface area contributed by atoms with Gasteiger partial charge in [-0.25, -0.2) is 9.48 Å². The Labute approximate surface area is 223 Å². The molecule has 196 valence electrons. The van der Waals surface area contributed by atoms with Crippen molar-refractivity contribution in [2.45, 2.75) is 52.4 Å². The van der Waals surface area contributed by atoms with Crippen LogP contribution in [0.25, 0.3) is 28.2 Å². The van der Waals surface area contributed by atoms with E-state index in [0.29, 0.717) is 11.1 Å². The zero-order chi connectivity index (χ0) is 27.8. The highest BCUT2D eigenvalue weighted by Gasteiger charge is 2.24. The predicted molar refractivity (Wildman–Crippen MR) is 149 cm³/mol. The van der Waals surface area contributed by atoms with Crippen LogP contribution < -0.4 is 5.73 Å². The summed E-state index contributed by atoms with van der Waals surface area (Å²) < 4.78 is 6.69. The van der Waals surface area contributed by atoms with E-state index >= 15 is 0 Å². The van der Waals surface area contributed by atoms with Crippen molar-refractivity contribution in [1.82, 2.24) is 14.8 Å². The third kappa shape index (κ3) is 5.52. The van der Waals surface area contributed by atoms with Gasteiger partial charge in [0.05, 0.1) is 29.7 Å². The van der Waals surface area contributed by atoms with E-state index in [1.807, 2.05) is 35.0 Å². The third-order valence-corrected chi connectivity index (χ3v) is 6.37. The largest absolute Gasteiger partial charge is 0.465 e. The number of carbonyl (C=O) groups is 2. The highest BCUT2D eigenvalue weighted by Crippen LogP contribution is 2.34. The van der Waals surface area contributed by atoms with Gasteiger partial charge in [0.25, 0.3) is 0 Å². The first-order valence-electron chi connectivity index (χ1n) is 12.5. The normalized spacial score (nSPS) is 11.9. The number of carbonyl (C=O) groups excluding carboxylic acids is 2. The van der Waals surface area contributed by atoms with E-state index in [4.69, 9.17) is 20.6 Å². The van der Waals surface area contributed by atoms with Crippen LogP contribution in [0.4, 0.5) is 0 Å². The summed E-state index contributed by atoms with van der Waals surface area (Å²) in [4.78, 5) is 28.6. The summed E-state index contributed by atoms with van der Waals surface area (Å²) in [5.41, 5.74) is 12.3. The minimum absolute atomic E-state index is 0.156. The van der Waals surface area contributed by atoms with Crippen LogP contribution in [-0.2, 0) is 15.6 Å². The highest BCUT2D eigenvalue weighted by molar-refractivity contribution is 5.93. The fraction of sp³-hybridized carbons (Fsp3) is 0.290. The molecule has 0 radical (unpaired) electrons. The van der Waals surface area contributed by atoms with E-state index in [1.54, 1.807) is 24.3 Å². The zero-order valence-corrected chi connectivity index (χ0v) is 23.0. The van der Waals surface area contributed by atoms with Crippen LogP contribution in [0.3, 0.4) is 0 Å². The summed E-state index contributed by atoms with van der Waals surface area (Å²) in [6.07, 6.45) is 0. The molecule has 0 bridgehead atoms. The Kier molecular flexibility index (Phi) is 6.98. The lowest BCUT2D eigenvalue weighted by Crippen LogP contribution is -2.20. The second-order valence-electron chi connectivity index (χ2n) is 11.4. The van der Waals surface area contributed by atoms with Crippen molar-refractivity contribution in [3.63, 3.8) is 0 Å². The fourth-order valence-electron chi connectivity index (χ4n) is 4.03. The molecule has 0 aliphatic heterocycles. The number of hydrogen-bond donors (Lipinski definition) is 1. The van der Waals surface area contributed by atoms with Crippen LogP contribution in [0.5, 0.6) is 0 Å². The summed E-state index contributed by atoms with van der Waals surface area (Å²) in [5.74, 6) is -0.874. The molecule has 7 nitrogen and oxygen atoms in total. The lowest BCUT2D eigenvalue weighted by molar-refractivity contribution is 0.0600. The summed E-state index contributed by atoms with van der Waals surface area (Å²) in [6.45, 7) is 12.9. The van der Waals surface area contributed by atoms with Gasteiger partial charge in [-0.1, -0.05) is 53.7 Å². The number of rotatable bonds is 5. The number of nitrogens with zero attached hydrogens (tertiary/aromatic N) is 3. The molecule has 0 aliphatic rings. The van der Waals surface area contributed by atoms with Crippen LogP contribution >= 0.6 is 0 Å². The molecular formula is C31H34N4O3. The maximum Gasteiger partial charge on any atom is 0.337 e. The molecule has 2 N–H and O–H groups in total. The lowest BCUT2D eigenvalue weighted by Gasteiger charge is -2.25. The van der Waals surface area contributed by atoms with Gasteiger partial charge in [-0.2, -0.15) is 5.10 Å². The van der Waals surface area contributed by atoms with Crippen LogP contribution in [0.1, 0.15) is 73.6 Å². The Morgan fingerprint density at radius 1 is 0.763 bits per heavy atom.